The van der Waals surface area contributed by atoms with E-state index in [1.807, 2.05) is 22.9 Å². The number of halogens is 1. The zero-order chi connectivity index (χ0) is 19.2. The Balaban J connectivity index is 0.00000280. The van der Waals surface area contributed by atoms with E-state index in [0.29, 0.717) is 5.96 Å². The van der Waals surface area contributed by atoms with E-state index in [1.165, 1.54) is 0 Å². The second-order valence-electron chi connectivity index (χ2n) is 6.97. The second-order valence-corrected chi connectivity index (χ2v) is 6.97. The normalized spacial score (nSPS) is 17.1. The quantitative estimate of drug-likeness (QED) is 0.373. The van der Waals surface area contributed by atoms with Crippen LogP contribution in [0.15, 0.2) is 41.7 Å². The molecule has 0 aliphatic carbocycles. The number of aromatic nitrogens is 3. The van der Waals surface area contributed by atoms with Crippen molar-refractivity contribution in [3.63, 3.8) is 0 Å². The van der Waals surface area contributed by atoms with Gasteiger partial charge >= 0.3 is 0 Å². The molecule has 0 fully saturated rings. The van der Waals surface area contributed by atoms with Crippen LogP contribution in [-0.2, 0) is 17.8 Å². The maximum absolute atomic E-state index is 12.0. The Morgan fingerprint density at radius 3 is 2.82 bits per heavy atom. The number of amides is 1. The molecule has 1 aliphatic rings. The Kier molecular flexibility index (Phi) is 8.21. The topological polar surface area (TPSA) is 87.4 Å². The standard InChI is InChI=1S/C19H27N7O.HI/c1-14(15-7-5-4-6-8-15)23-19(20-11-18(27)25(2)3)24-16-9-10-17-21-13-22-26(17)12-16;/h4-8,13-14,16H,9-12H2,1-3H3,(H2,20,23,24);1H. The van der Waals surface area contributed by atoms with Crippen LogP contribution < -0.4 is 10.6 Å². The van der Waals surface area contributed by atoms with Gasteiger partial charge in [-0.25, -0.2) is 14.7 Å². The van der Waals surface area contributed by atoms with Crippen molar-refractivity contribution in [3.8, 4) is 0 Å². The number of hydrogen-bond donors (Lipinski definition) is 2. The minimum absolute atomic E-state index is 0. The molecule has 0 spiro atoms. The van der Waals surface area contributed by atoms with Gasteiger partial charge < -0.3 is 15.5 Å². The highest BCUT2D eigenvalue weighted by atomic mass is 127. The number of aliphatic imine (C=N–C) groups is 1. The first kappa shape index (κ1) is 22.1. The number of likely N-dealkylation sites (N-methyl/N-ethyl adjacent to an activating group) is 1. The van der Waals surface area contributed by atoms with Crippen molar-refractivity contribution in [2.75, 3.05) is 20.6 Å². The summed E-state index contributed by atoms with van der Waals surface area (Å²) in [6, 6.07) is 10.4. The highest BCUT2D eigenvalue weighted by Crippen LogP contribution is 2.13. The van der Waals surface area contributed by atoms with Crippen LogP contribution in [0.4, 0.5) is 0 Å². The predicted molar refractivity (Wildman–Crippen MR) is 120 cm³/mol. The summed E-state index contributed by atoms with van der Waals surface area (Å²) in [5, 5.41) is 11.1. The molecule has 2 N–H and O–H groups in total. The van der Waals surface area contributed by atoms with Crippen molar-refractivity contribution < 1.29 is 4.79 Å². The summed E-state index contributed by atoms with van der Waals surface area (Å²) in [6.45, 7) is 2.92. The smallest absolute Gasteiger partial charge is 0.243 e. The minimum Gasteiger partial charge on any atom is -0.352 e. The van der Waals surface area contributed by atoms with Crippen LogP contribution in [0.5, 0.6) is 0 Å². The first-order chi connectivity index (χ1) is 13.0. The number of carbonyl (C=O) groups excluding carboxylic acids is 1. The number of benzene rings is 1. The Labute approximate surface area is 182 Å². The summed E-state index contributed by atoms with van der Waals surface area (Å²) in [7, 11) is 3.47. The van der Waals surface area contributed by atoms with Gasteiger partial charge in [0.25, 0.3) is 0 Å². The molecule has 8 nitrogen and oxygen atoms in total. The number of nitrogens with one attached hydrogen (secondary N) is 2. The molecular formula is C19H28IN7O. The molecule has 2 unspecified atom stereocenters. The highest BCUT2D eigenvalue weighted by Gasteiger charge is 2.21. The summed E-state index contributed by atoms with van der Waals surface area (Å²) in [5.74, 6) is 1.61. The molecule has 0 saturated carbocycles. The first-order valence-electron chi connectivity index (χ1n) is 9.22. The maximum Gasteiger partial charge on any atom is 0.243 e. The van der Waals surface area contributed by atoms with Crippen LogP contribution in [0, 0.1) is 0 Å². The minimum atomic E-state index is -0.0364. The molecule has 9 heteroatoms. The molecule has 0 radical (unpaired) electrons. The number of rotatable bonds is 5. The van der Waals surface area contributed by atoms with E-state index in [-0.39, 0.29) is 48.5 Å². The summed E-state index contributed by atoms with van der Waals surface area (Å²) < 4.78 is 1.92. The van der Waals surface area contributed by atoms with Gasteiger partial charge in [-0.05, 0) is 18.9 Å². The molecular weight excluding hydrogens is 469 g/mol. The number of aryl methyl sites for hydroxylation is 1. The maximum atomic E-state index is 12.0. The van der Waals surface area contributed by atoms with Crippen LogP contribution in [0.2, 0.25) is 0 Å². The highest BCUT2D eigenvalue weighted by molar-refractivity contribution is 14.0. The lowest BCUT2D eigenvalue weighted by Crippen LogP contribution is -2.48. The van der Waals surface area contributed by atoms with Crippen molar-refractivity contribution in [1.82, 2.24) is 30.3 Å². The van der Waals surface area contributed by atoms with E-state index in [2.05, 4.69) is 44.8 Å². The van der Waals surface area contributed by atoms with Crippen molar-refractivity contribution in [2.45, 2.75) is 38.4 Å². The molecule has 2 heterocycles. The first-order valence-corrected chi connectivity index (χ1v) is 9.22. The number of nitrogens with zero attached hydrogens (tertiary/aromatic N) is 5. The van der Waals surface area contributed by atoms with Gasteiger partial charge in [0.2, 0.25) is 5.91 Å². The fraction of sp³-hybridized carbons (Fsp3) is 0.474. The van der Waals surface area contributed by atoms with E-state index in [0.717, 1.165) is 30.8 Å². The van der Waals surface area contributed by atoms with E-state index in [9.17, 15) is 4.79 Å². The zero-order valence-electron chi connectivity index (χ0n) is 16.5. The number of fused-ring (bicyclic) bond motifs is 1. The molecule has 2 atom stereocenters. The van der Waals surface area contributed by atoms with Gasteiger partial charge in [-0.3, -0.25) is 4.79 Å². The summed E-state index contributed by atoms with van der Waals surface area (Å²) in [6.07, 6.45) is 3.41. The number of guanidine groups is 1. The third-order valence-corrected chi connectivity index (χ3v) is 4.67. The SMILES string of the molecule is CC(NC(=NCC(=O)N(C)C)NC1CCc2ncnn2C1)c1ccccc1.I. The predicted octanol–water partition coefficient (Wildman–Crippen LogP) is 1.60. The third kappa shape index (κ3) is 5.91. The van der Waals surface area contributed by atoms with Crippen LogP contribution in [-0.4, -0.2) is 58.2 Å². The molecule has 3 rings (SSSR count). The molecule has 1 aliphatic heterocycles. The lowest BCUT2D eigenvalue weighted by molar-refractivity contribution is -0.127. The summed E-state index contributed by atoms with van der Waals surface area (Å²) >= 11 is 0. The molecule has 2 aromatic rings. The van der Waals surface area contributed by atoms with E-state index in [4.69, 9.17) is 0 Å². The Morgan fingerprint density at radius 2 is 2.11 bits per heavy atom. The lowest BCUT2D eigenvalue weighted by Gasteiger charge is -2.27. The van der Waals surface area contributed by atoms with E-state index < -0.39 is 0 Å². The number of carbonyl (C=O) groups is 1. The van der Waals surface area contributed by atoms with Gasteiger partial charge in [0.1, 0.15) is 18.7 Å². The van der Waals surface area contributed by atoms with Crippen molar-refractivity contribution in [1.29, 1.82) is 0 Å². The summed E-state index contributed by atoms with van der Waals surface area (Å²) in [4.78, 5) is 22.3. The third-order valence-electron chi connectivity index (χ3n) is 4.67. The average molecular weight is 497 g/mol. The molecule has 1 aromatic heterocycles. The molecule has 1 aromatic carbocycles. The van der Waals surface area contributed by atoms with Gasteiger partial charge in [0, 0.05) is 26.6 Å². The average Bonchev–Trinajstić information content (AvgIpc) is 3.14. The molecule has 1 amide bonds. The fourth-order valence-corrected chi connectivity index (χ4v) is 3.00. The van der Waals surface area contributed by atoms with Gasteiger partial charge in [0.15, 0.2) is 5.96 Å². The molecule has 28 heavy (non-hydrogen) atoms. The monoisotopic (exact) mass is 497 g/mol. The van der Waals surface area contributed by atoms with E-state index >= 15 is 0 Å². The van der Waals surface area contributed by atoms with Crippen LogP contribution in [0.1, 0.15) is 30.8 Å². The van der Waals surface area contributed by atoms with Crippen LogP contribution in [0.25, 0.3) is 0 Å². The van der Waals surface area contributed by atoms with Gasteiger partial charge in [0.05, 0.1) is 12.6 Å². The van der Waals surface area contributed by atoms with Crippen LogP contribution in [0.3, 0.4) is 0 Å². The Hall–Kier alpha value is -2.17. The Bertz CT molecular complexity index is 791. The molecule has 0 saturated heterocycles. The zero-order valence-corrected chi connectivity index (χ0v) is 18.8. The fourth-order valence-electron chi connectivity index (χ4n) is 3.00. The lowest BCUT2D eigenvalue weighted by atomic mass is 10.1. The largest absolute Gasteiger partial charge is 0.352 e. The van der Waals surface area contributed by atoms with Crippen molar-refractivity contribution in [2.24, 2.45) is 4.99 Å². The van der Waals surface area contributed by atoms with Crippen LogP contribution >= 0.6 is 24.0 Å². The molecule has 0 bridgehead atoms. The van der Waals surface area contributed by atoms with Gasteiger partial charge in [-0.15, -0.1) is 24.0 Å². The van der Waals surface area contributed by atoms with Gasteiger partial charge in [-0.1, -0.05) is 30.3 Å². The van der Waals surface area contributed by atoms with E-state index in [1.54, 1.807) is 25.3 Å². The van der Waals surface area contributed by atoms with Gasteiger partial charge in [-0.2, -0.15) is 5.10 Å². The molecule has 152 valence electrons. The Morgan fingerprint density at radius 1 is 1.36 bits per heavy atom. The van der Waals surface area contributed by atoms with Crippen molar-refractivity contribution >= 4 is 35.8 Å². The number of hydrogen-bond acceptors (Lipinski definition) is 4. The summed E-state index contributed by atoms with van der Waals surface area (Å²) in [5.41, 5.74) is 1.16. The second kappa shape index (κ2) is 10.4. The van der Waals surface area contributed by atoms with Crippen molar-refractivity contribution in [3.05, 3.63) is 48.0 Å².